The van der Waals surface area contributed by atoms with E-state index >= 15 is 0 Å². The lowest BCUT2D eigenvalue weighted by Gasteiger charge is -2.23. The summed E-state index contributed by atoms with van der Waals surface area (Å²) in [5, 5.41) is 26.7. The van der Waals surface area contributed by atoms with E-state index in [0.717, 1.165) is 51.4 Å². The van der Waals surface area contributed by atoms with Crippen LogP contribution in [0.1, 0.15) is 96.8 Å². The third kappa shape index (κ3) is 20.7. The van der Waals surface area contributed by atoms with Gasteiger partial charge in [-0.2, -0.15) is 0 Å². The Morgan fingerprint density at radius 1 is 0.703 bits per heavy atom. The second-order valence-corrected chi connectivity index (χ2v) is 9.19. The van der Waals surface area contributed by atoms with Gasteiger partial charge in [-0.25, -0.2) is 0 Å². The normalized spacial score (nSPS) is 12.9. The highest BCUT2D eigenvalue weighted by molar-refractivity contribution is 5.80. The lowest BCUT2D eigenvalue weighted by atomic mass is 9.84. The van der Waals surface area contributed by atoms with Crippen LogP contribution in [0.25, 0.3) is 0 Å². The van der Waals surface area contributed by atoms with Crippen molar-refractivity contribution in [1.82, 2.24) is 0 Å². The zero-order chi connectivity index (χ0) is 27.6. The number of esters is 3. The first-order valence-electron chi connectivity index (χ1n) is 14.0. The van der Waals surface area contributed by atoms with Gasteiger partial charge in [-0.05, 0) is 31.6 Å². The molecule has 0 aliphatic heterocycles. The van der Waals surface area contributed by atoms with Crippen LogP contribution in [0.3, 0.4) is 0 Å². The van der Waals surface area contributed by atoms with Gasteiger partial charge in [-0.15, -0.1) is 0 Å². The summed E-state index contributed by atoms with van der Waals surface area (Å²) in [6.45, 7) is 1.21. The molecular weight excluding hydrogens is 480 g/mol. The van der Waals surface area contributed by atoms with Crippen molar-refractivity contribution in [3.63, 3.8) is 0 Å². The van der Waals surface area contributed by atoms with Crippen molar-refractivity contribution in [2.45, 2.75) is 96.8 Å². The number of unbranched alkanes of at least 4 members (excludes halogenated alkanes) is 9. The van der Waals surface area contributed by atoms with Gasteiger partial charge >= 0.3 is 17.9 Å². The van der Waals surface area contributed by atoms with E-state index in [4.69, 9.17) is 29.5 Å². The van der Waals surface area contributed by atoms with Gasteiger partial charge < -0.3 is 29.5 Å². The van der Waals surface area contributed by atoms with Gasteiger partial charge in [0.15, 0.2) is 0 Å². The van der Waals surface area contributed by atoms with Gasteiger partial charge in [0.05, 0.1) is 32.2 Å². The summed E-state index contributed by atoms with van der Waals surface area (Å²) in [6.07, 6.45) is 16.0. The highest BCUT2D eigenvalue weighted by Crippen LogP contribution is 2.27. The number of aliphatic hydroxyl groups excluding tert-OH is 3. The van der Waals surface area contributed by atoms with Crippen LogP contribution in [0.5, 0.6) is 0 Å². The molecule has 0 aliphatic carbocycles. The molecule has 37 heavy (non-hydrogen) atoms. The summed E-state index contributed by atoms with van der Waals surface area (Å²) in [4.78, 5) is 36.6. The molecule has 0 radical (unpaired) electrons. The molecule has 0 aromatic rings. The molecule has 9 nitrogen and oxygen atoms in total. The van der Waals surface area contributed by atoms with Crippen molar-refractivity contribution in [1.29, 1.82) is 0 Å². The van der Waals surface area contributed by atoms with Crippen molar-refractivity contribution in [2.75, 3.05) is 39.6 Å². The maximum absolute atomic E-state index is 12.8. The molecule has 0 fully saturated rings. The first-order valence-corrected chi connectivity index (χ1v) is 14.0. The fourth-order valence-corrected chi connectivity index (χ4v) is 4.04. The Labute approximate surface area is 222 Å². The van der Waals surface area contributed by atoms with Gasteiger partial charge in [0, 0.05) is 6.42 Å². The van der Waals surface area contributed by atoms with E-state index in [9.17, 15) is 14.4 Å². The molecule has 9 heteroatoms. The average Bonchev–Trinajstić information content (AvgIpc) is 2.90. The molecule has 0 rings (SSSR count). The maximum Gasteiger partial charge on any atom is 0.310 e. The van der Waals surface area contributed by atoms with Gasteiger partial charge in [-0.3, -0.25) is 14.4 Å². The Bertz CT molecular complexity index is 606. The zero-order valence-electron chi connectivity index (χ0n) is 22.7. The van der Waals surface area contributed by atoms with Crippen LogP contribution in [0.15, 0.2) is 12.2 Å². The van der Waals surface area contributed by atoms with E-state index in [2.05, 4.69) is 13.0 Å². The molecule has 0 aliphatic rings. The number of aliphatic hydroxyl groups is 3. The van der Waals surface area contributed by atoms with Gasteiger partial charge in [0.1, 0.15) is 19.8 Å². The smallest absolute Gasteiger partial charge is 0.310 e. The summed E-state index contributed by atoms with van der Waals surface area (Å²) < 4.78 is 15.0. The van der Waals surface area contributed by atoms with Crippen LogP contribution < -0.4 is 0 Å². The third-order valence-electron chi connectivity index (χ3n) is 6.03. The standard InChI is InChI=1S/C28H50O9/c1-2-3-4-5-6-8-11-14-24(15-12-9-7-10-13-16-26(32)35-20-17-29)25(28(34)37-22-19-31)23-27(33)36-21-18-30/h11,14,24-25,29-31H,2-10,12-13,15-23H2,1H3. The van der Waals surface area contributed by atoms with Crippen molar-refractivity contribution in [2.24, 2.45) is 11.8 Å². The van der Waals surface area contributed by atoms with Crippen LogP contribution in [0.4, 0.5) is 0 Å². The van der Waals surface area contributed by atoms with Crippen molar-refractivity contribution in [3.05, 3.63) is 12.2 Å². The molecule has 0 saturated heterocycles. The number of carbonyl (C=O) groups is 3. The largest absolute Gasteiger partial charge is 0.463 e. The summed E-state index contributed by atoms with van der Waals surface area (Å²) >= 11 is 0. The molecule has 0 spiro atoms. The van der Waals surface area contributed by atoms with Crippen LogP contribution in [-0.4, -0.2) is 72.9 Å². The maximum atomic E-state index is 12.8. The SMILES string of the molecule is CCCCCCCC=CC(CCCCCCCC(=O)OCCO)C(CC(=O)OCCO)C(=O)OCCO. The van der Waals surface area contributed by atoms with E-state index in [-0.39, 0.29) is 57.9 Å². The molecule has 0 heterocycles. The Kier molecular flexibility index (Phi) is 24.3. The lowest BCUT2D eigenvalue weighted by Crippen LogP contribution is -2.29. The van der Waals surface area contributed by atoms with E-state index in [1.165, 1.54) is 19.3 Å². The van der Waals surface area contributed by atoms with Crippen molar-refractivity contribution in [3.8, 4) is 0 Å². The molecule has 2 unspecified atom stereocenters. The molecule has 0 aromatic heterocycles. The van der Waals surface area contributed by atoms with Crippen LogP contribution in [-0.2, 0) is 28.6 Å². The predicted octanol–water partition coefficient (Wildman–Crippen LogP) is 3.86. The van der Waals surface area contributed by atoms with E-state index in [0.29, 0.717) is 12.8 Å². The quantitative estimate of drug-likeness (QED) is 0.0694. The molecule has 216 valence electrons. The molecule has 0 bridgehead atoms. The van der Waals surface area contributed by atoms with E-state index in [1.54, 1.807) is 0 Å². The Balaban J connectivity index is 4.96. The van der Waals surface area contributed by atoms with Crippen LogP contribution in [0.2, 0.25) is 0 Å². The Morgan fingerprint density at radius 3 is 1.95 bits per heavy atom. The van der Waals surface area contributed by atoms with Gasteiger partial charge in [0.2, 0.25) is 0 Å². The number of ether oxygens (including phenoxy) is 3. The minimum atomic E-state index is -0.727. The summed E-state index contributed by atoms with van der Waals surface area (Å²) in [7, 11) is 0. The minimum Gasteiger partial charge on any atom is -0.463 e. The number of hydrogen-bond donors (Lipinski definition) is 3. The number of rotatable bonds is 25. The third-order valence-corrected chi connectivity index (χ3v) is 6.03. The topological polar surface area (TPSA) is 140 Å². The number of allylic oxidation sites excluding steroid dienone is 2. The first kappa shape index (κ1) is 35.0. The summed E-state index contributed by atoms with van der Waals surface area (Å²) in [5.74, 6) is -2.33. The predicted molar refractivity (Wildman–Crippen MR) is 141 cm³/mol. The molecular formula is C28H50O9. The number of carbonyl (C=O) groups excluding carboxylic acids is 3. The number of hydrogen-bond acceptors (Lipinski definition) is 9. The fourth-order valence-electron chi connectivity index (χ4n) is 4.04. The first-order chi connectivity index (χ1) is 18.0. The average molecular weight is 531 g/mol. The highest BCUT2D eigenvalue weighted by atomic mass is 16.5. The minimum absolute atomic E-state index is 0.0297. The molecule has 0 aromatic carbocycles. The molecule has 0 saturated carbocycles. The lowest BCUT2D eigenvalue weighted by molar-refractivity contribution is -0.157. The van der Waals surface area contributed by atoms with Crippen LogP contribution >= 0.6 is 0 Å². The summed E-state index contributed by atoms with van der Waals surface area (Å²) in [6, 6.07) is 0. The van der Waals surface area contributed by atoms with Crippen molar-refractivity contribution < 1.29 is 43.9 Å². The molecule has 2 atom stereocenters. The molecule has 3 N–H and O–H groups in total. The van der Waals surface area contributed by atoms with E-state index < -0.39 is 17.9 Å². The Morgan fingerprint density at radius 2 is 1.27 bits per heavy atom. The second-order valence-electron chi connectivity index (χ2n) is 9.19. The Hall–Kier alpha value is -1.97. The van der Waals surface area contributed by atoms with Crippen LogP contribution in [0, 0.1) is 11.8 Å². The monoisotopic (exact) mass is 530 g/mol. The highest BCUT2D eigenvalue weighted by Gasteiger charge is 2.31. The zero-order valence-corrected chi connectivity index (χ0v) is 22.7. The van der Waals surface area contributed by atoms with E-state index in [1.807, 2.05) is 6.08 Å². The van der Waals surface area contributed by atoms with Crippen molar-refractivity contribution >= 4 is 17.9 Å². The fraction of sp³-hybridized carbons (Fsp3) is 0.821. The van der Waals surface area contributed by atoms with Gasteiger partial charge in [-0.1, -0.05) is 70.4 Å². The summed E-state index contributed by atoms with van der Waals surface area (Å²) in [5.41, 5.74) is 0. The second kappa shape index (κ2) is 25.7. The van der Waals surface area contributed by atoms with Gasteiger partial charge in [0.25, 0.3) is 0 Å². The molecule has 0 amide bonds.